The van der Waals surface area contributed by atoms with E-state index < -0.39 is 8.07 Å². The van der Waals surface area contributed by atoms with Crippen molar-refractivity contribution in [3.63, 3.8) is 0 Å². The molecule has 2 aromatic heterocycles. The first-order valence-electron chi connectivity index (χ1n) is 30.6. The van der Waals surface area contributed by atoms with Crippen LogP contribution < -0.4 is 34.6 Å². The Labute approximate surface area is 511 Å². The molecule has 12 rings (SSSR count). The lowest BCUT2D eigenvalue weighted by Gasteiger charge is -2.33. The average molecular weight is 1140 g/mol. The van der Waals surface area contributed by atoms with Gasteiger partial charge in [0.05, 0.1) is 17.1 Å². The van der Waals surface area contributed by atoms with Gasteiger partial charge in [-0.05, 0) is 133 Å². The number of fused-ring (bicyclic) bond motifs is 4. The zero-order valence-corrected chi connectivity index (χ0v) is 54.1. The zero-order chi connectivity index (χ0) is 60.7. The molecule has 0 unspecified atom stereocenters. The highest BCUT2D eigenvalue weighted by molar-refractivity contribution is 7.20. The third-order valence-corrected chi connectivity index (χ3v) is 22.3. The minimum atomic E-state index is -3.08. The van der Waals surface area contributed by atoms with Gasteiger partial charge in [0.2, 0.25) is 11.4 Å². The standard InChI is InChI=1S/C80H82N4OSi/c1-76(2,3)56-41-42-81-74(50-56)84-70-40-37-54(55-43-57(77(4,5)6)46-58(44-55)78(7,8)9)45-69(70)68-39-38-64(52-72(68)84)85-63-28-25-27-61(51-63)82-53-83(62-48-59(79(10,11)12)47-60(49-62)80(13,14)15)75-71(82)35-26-36-73(75)86(65-29-19-16-20-30-65,66-31-21-17-22-32-66)67-33-23-18-24-34-67/h16-52H,1-15H3/q+2. The smallest absolute Gasteiger partial charge is 0.457 e. The maximum Gasteiger partial charge on any atom is 0.503 e. The quantitative estimate of drug-likeness (QED) is 0.0777. The molecular formula is C80H82N4OSi+2. The summed E-state index contributed by atoms with van der Waals surface area (Å²) >= 11 is 0. The van der Waals surface area contributed by atoms with E-state index in [1.807, 2.05) is 6.20 Å². The summed E-state index contributed by atoms with van der Waals surface area (Å²) in [5.74, 6) is 2.32. The van der Waals surface area contributed by atoms with Crippen LogP contribution >= 0.6 is 0 Å². The van der Waals surface area contributed by atoms with Crippen molar-refractivity contribution >= 4 is 79.4 Å². The summed E-state index contributed by atoms with van der Waals surface area (Å²) in [6, 6.07) is 85.4. The Morgan fingerprint density at radius 2 is 0.907 bits per heavy atom. The highest BCUT2D eigenvalue weighted by Crippen LogP contribution is 2.43. The second kappa shape index (κ2) is 21.4. The molecule has 0 fully saturated rings. The number of ether oxygens (including phenoxy) is 1. The first-order valence-corrected chi connectivity index (χ1v) is 32.6. The lowest BCUT2D eigenvalue weighted by Crippen LogP contribution is -2.75. The van der Waals surface area contributed by atoms with Crippen molar-refractivity contribution in [3.05, 3.63) is 252 Å². The van der Waals surface area contributed by atoms with E-state index in [4.69, 9.17) is 9.72 Å². The molecule has 5 nitrogen and oxygen atoms in total. The molecule has 430 valence electrons. The minimum Gasteiger partial charge on any atom is -0.457 e. The van der Waals surface area contributed by atoms with Crippen molar-refractivity contribution in [2.75, 3.05) is 0 Å². The first-order chi connectivity index (χ1) is 40.8. The van der Waals surface area contributed by atoms with Crippen molar-refractivity contribution < 1.29 is 4.74 Å². The number of hydrogen-bond acceptors (Lipinski definition) is 2. The number of hydrogen-bond donors (Lipinski definition) is 0. The van der Waals surface area contributed by atoms with Gasteiger partial charge < -0.3 is 4.74 Å². The molecule has 11 aromatic rings. The van der Waals surface area contributed by atoms with Crippen LogP contribution in [0, 0.1) is 0 Å². The first kappa shape index (κ1) is 57.7. The van der Waals surface area contributed by atoms with Crippen LogP contribution in [-0.4, -0.2) is 23.6 Å². The highest BCUT2D eigenvalue weighted by Gasteiger charge is 2.51. The van der Waals surface area contributed by atoms with Crippen LogP contribution in [0.5, 0.6) is 11.5 Å². The number of pyridine rings is 1. The largest absolute Gasteiger partial charge is 0.503 e. The van der Waals surface area contributed by atoms with Crippen molar-refractivity contribution in [1.29, 1.82) is 0 Å². The van der Waals surface area contributed by atoms with Gasteiger partial charge in [-0.3, -0.25) is 4.57 Å². The molecule has 0 amide bonds. The Balaban J connectivity index is 1.04. The molecule has 0 bridgehead atoms. The van der Waals surface area contributed by atoms with Crippen molar-refractivity contribution in [3.8, 4) is 28.4 Å². The number of para-hydroxylation sites is 1. The van der Waals surface area contributed by atoms with E-state index >= 15 is 0 Å². The third-order valence-electron chi connectivity index (χ3n) is 17.5. The summed E-state index contributed by atoms with van der Waals surface area (Å²) in [6.45, 7) is 34.5. The summed E-state index contributed by atoms with van der Waals surface area (Å²) in [7, 11) is -3.08. The van der Waals surface area contributed by atoms with Crippen LogP contribution in [-0.2, 0) is 27.1 Å². The van der Waals surface area contributed by atoms with E-state index in [2.05, 4.69) is 342 Å². The molecule has 0 radical (unpaired) electrons. The fraction of sp³-hybridized carbons (Fsp3) is 0.250. The van der Waals surface area contributed by atoms with Crippen LogP contribution in [0.4, 0.5) is 22.7 Å². The highest BCUT2D eigenvalue weighted by atomic mass is 28.3. The van der Waals surface area contributed by atoms with Gasteiger partial charge in [0.1, 0.15) is 17.3 Å². The molecule has 0 aliphatic carbocycles. The van der Waals surface area contributed by atoms with Crippen molar-refractivity contribution in [2.45, 2.75) is 131 Å². The molecule has 1 aliphatic rings. The summed E-state index contributed by atoms with van der Waals surface area (Å²) in [6.07, 6.45) is 1.95. The van der Waals surface area contributed by atoms with Crippen molar-refractivity contribution in [2.24, 2.45) is 0 Å². The van der Waals surface area contributed by atoms with Crippen LogP contribution in [0.25, 0.3) is 38.8 Å². The predicted molar refractivity (Wildman–Crippen MR) is 368 cm³/mol. The summed E-state index contributed by atoms with van der Waals surface area (Å²) < 4.78 is 14.0. The van der Waals surface area contributed by atoms with Gasteiger partial charge in [0.25, 0.3) is 11.4 Å². The van der Waals surface area contributed by atoms with Gasteiger partial charge in [0.15, 0.2) is 8.07 Å². The average Bonchev–Trinajstić information content (AvgIpc) is 1.34. The Kier molecular flexibility index (Phi) is 14.4. The SMILES string of the molecule is CC(C)(C)c1cc(-c2ccc3c(c2)c2ccc(Oc4cccc([N+]5=C=[N+](c6cc(C(C)(C)C)cc(C(C)(C)C)c6)c6c5cccc6[Si](c5ccccc5)(c5ccccc5)c5ccccc5)c4)cc2n3-c2cc(C(C)(C)C)ccn2)cc(C(C)(C)C)c1. The fourth-order valence-electron chi connectivity index (χ4n) is 12.5. The Hall–Kier alpha value is -8.67. The minimum absolute atomic E-state index is 0.00762. The molecule has 3 heterocycles. The normalized spacial score (nSPS) is 13.2. The van der Waals surface area contributed by atoms with E-state index in [0.717, 1.165) is 61.9 Å². The number of benzene rings is 9. The van der Waals surface area contributed by atoms with Gasteiger partial charge >= 0.3 is 6.01 Å². The number of nitrogens with zero attached hydrogens (tertiary/aromatic N) is 4. The predicted octanol–water partition coefficient (Wildman–Crippen LogP) is 18.4. The second-order valence-corrected chi connectivity index (χ2v) is 32.6. The van der Waals surface area contributed by atoms with Gasteiger partial charge in [-0.25, -0.2) is 4.98 Å². The molecule has 6 heteroatoms. The lowest BCUT2D eigenvalue weighted by atomic mass is 9.79. The van der Waals surface area contributed by atoms with E-state index in [0.29, 0.717) is 0 Å². The molecule has 0 N–H and O–H groups in total. The molecule has 86 heavy (non-hydrogen) atoms. The van der Waals surface area contributed by atoms with E-state index in [-0.39, 0.29) is 27.1 Å². The van der Waals surface area contributed by atoms with Crippen molar-refractivity contribution in [1.82, 2.24) is 18.7 Å². The van der Waals surface area contributed by atoms with Crippen LogP contribution in [0.1, 0.15) is 132 Å². The topological polar surface area (TPSA) is 33.1 Å². The summed E-state index contributed by atoms with van der Waals surface area (Å²) in [4.78, 5) is 5.08. The third kappa shape index (κ3) is 10.7. The Bertz CT molecular complexity index is 4310. The van der Waals surface area contributed by atoms with Crippen LogP contribution in [0.2, 0.25) is 0 Å². The van der Waals surface area contributed by atoms with Gasteiger partial charge in [-0.1, -0.05) is 243 Å². The molecule has 0 spiro atoms. The lowest BCUT2D eigenvalue weighted by molar-refractivity contribution is 0.483. The zero-order valence-electron chi connectivity index (χ0n) is 53.1. The Morgan fingerprint density at radius 1 is 0.384 bits per heavy atom. The molecule has 0 saturated heterocycles. The number of aromatic nitrogens is 2. The second-order valence-electron chi connectivity index (χ2n) is 28.9. The summed E-state index contributed by atoms with van der Waals surface area (Å²) in [5, 5.41) is 7.52. The van der Waals surface area contributed by atoms with Crippen LogP contribution in [0.15, 0.2) is 225 Å². The maximum atomic E-state index is 7.10. The van der Waals surface area contributed by atoms with Gasteiger partial charge in [0, 0.05) is 52.5 Å². The maximum absolute atomic E-state index is 7.10. The van der Waals surface area contributed by atoms with E-state index in [1.54, 1.807) is 0 Å². The molecule has 0 saturated carbocycles. The van der Waals surface area contributed by atoms with Gasteiger partial charge in [-0.15, -0.1) is 0 Å². The molecule has 9 aromatic carbocycles. The summed E-state index contributed by atoms with van der Waals surface area (Å²) in [5.41, 5.74) is 14.9. The molecular weight excluding hydrogens is 1060 g/mol. The van der Waals surface area contributed by atoms with Crippen LogP contribution in [0.3, 0.4) is 0 Å². The monoisotopic (exact) mass is 1140 g/mol. The molecule has 0 atom stereocenters. The van der Waals surface area contributed by atoms with E-state index in [1.165, 1.54) is 59.7 Å². The Morgan fingerprint density at radius 3 is 1.45 bits per heavy atom. The van der Waals surface area contributed by atoms with E-state index in [9.17, 15) is 0 Å². The molecule has 1 aliphatic heterocycles. The fourth-order valence-corrected chi connectivity index (χ4v) is 17.4. The number of rotatable bonds is 10. The van der Waals surface area contributed by atoms with Gasteiger partial charge in [-0.2, -0.15) is 0 Å².